The van der Waals surface area contributed by atoms with Crippen molar-refractivity contribution in [2.75, 3.05) is 36.0 Å². The third-order valence-corrected chi connectivity index (χ3v) is 6.92. The van der Waals surface area contributed by atoms with Crippen LogP contribution in [0.25, 0.3) is 0 Å². The number of benzene rings is 3. The molecule has 0 bridgehead atoms. The third-order valence-electron chi connectivity index (χ3n) is 6.69. The molecule has 0 saturated carbocycles. The molecule has 1 amide bonds. The standard InChI is InChI=1S/C27H28ClN3O/c28-22-10-6-11-23(18-22)30-15-16-31-25-12-5-4-9-21(25)17-24(26(31)19-30)27(32)29-14-13-20-7-2-1-3-8-20/h1-12,18,24,26H,13-17,19H2,(H,29,32)/t24-,26-/m0/s1. The second-order valence-corrected chi connectivity index (χ2v) is 9.09. The second-order valence-electron chi connectivity index (χ2n) is 8.65. The average molecular weight is 446 g/mol. The van der Waals surface area contributed by atoms with Crippen LogP contribution in [-0.2, 0) is 17.6 Å². The molecule has 2 aliphatic rings. The van der Waals surface area contributed by atoms with Gasteiger partial charge >= 0.3 is 0 Å². The highest BCUT2D eigenvalue weighted by Gasteiger charge is 2.41. The number of para-hydroxylation sites is 1. The van der Waals surface area contributed by atoms with E-state index in [0.717, 1.165) is 43.2 Å². The first-order valence-corrected chi connectivity index (χ1v) is 11.7. The first-order chi connectivity index (χ1) is 15.7. The van der Waals surface area contributed by atoms with Crippen molar-refractivity contribution in [1.82, 2.24) is 5.32 Å². The second kappa shape index (κ2) is 9.25. The van der Waals surface area contributed by atoms with E-state index in [1.165, 1.54) is 16.8 Å². The van der Waals surface area contributed by atoms with Gasteiger partial charge in [-0.15, -0.1) is 0 Å². The summed E-state index contributed by atoms with van der Waals surface area (Å²) in [5.74, 6) is 0.0704. The zero-order valence-corrected chi connectivity index (χ0v) is 18.8. The van der Waals surface area contributed by atoms with Gasteiger partial charge in [-0.2, -0.15) is 0 Å². The molecule has 2 atom stereocenters. The molecule has 5 heteroatoms. The summed E-state index contributed by atoms with van der Waals surface area (Å²) in [5, 5.41) is 3.97. The highest BCUT2D eigenvalue weighted by atomic mass is 35.5. The van der Waals surface area contributed by atoms with E-state index in [1.54, 1.807) is 0 Å². The fourth-order valence-corrected chi connectivity index (χ4v) is 5.26. The van der Waals surface area contributed by atoms with Crippen LogP contribution in [0.1, 0.15) is 11.1 Å². The average Bonchev–Trinajstić information content (AvgIpc) is 2.84. The molecule has 164 valence electrons. The van der Waals surface area contributed by atoms with Crippen molar-refractivity contribution in [2.45, 2.75) is 18.9 Å². The van der Waals surface area contributed by atoms with Gasteiger partial charge < -0.3 is 15.1 Å². The number of piperazine rings is 1. The maximum atomic E-state index is 13.4. The van der Waals surface area contributed by atoms with Crippen LogP contribution < -0.4 is 15.1 Å². The summed E-state index contributed by atoms with van der Waals surface area (Å²) in [6.45, 7) is 3.27. The molecule has 1 fully saturated rings. The van der Waals surface area contributed by atoms with E-state index < -0.39 is 0 Å². The summed E-state index contributed by atoms with van der Waals surface area (Å²) < 4.78 is 0. The van der Waals surface area contributed by atoms with E-state index in [4.69, 9.17) is 11.6 Å². The summed E-state index contributed by atoms with van der Waals surface area (Å²) in [6.07, 6.45) is 1.62. The van der Waals surface area contributed by atoms with Crippen molar-refractivity contribution in [3.05, 3.63) is 95.0 Å². The predicted octanol–water partition coefficient (Wildman–Crippen LogP) is 4.57. The Balaban J connectivity index is 1.35. The number of nitrogens with zero attached hydrogens (tertiary/aromatic N) is 2. The van der Waals surface area contributed by atoms with Gasteiger partial charge in [0, 0.05) is 42.6 Å². The molecule has 0 aromatic heterocycles. The van der Waals surface area contributed by atoms with Gasteiger partial charge in [-0.25, -0.2) is 0 Å². The van der Waals surface area contributed by atoms with E-state index >= 15 is 0 Å². The van der Waals surface area contributed by atoms with E-state index in [9.17, 15) is 4.79 Å². The van der Waals surface area contributed by atoms with Gasteiger partial charge in [0.2, 0.25) is 5.91 Å². The zero-order valence-electron chi connectivity index (χ0n) is 18.1. The summed E-state index contributed by atoms with van der Waals surface area (Å²) in [4.78, 5) is 18.2. The van der Waals surface area contributed by atoms with Crippen molar-refractivity contribution in [3.63, 3.8) is 0 Å². The molecule has 5 rings (SSSR count). The fourth-order valence-electron chi connectivity index (χ4n) is 5.07. The third kappa shape index (κ3) is 4.33. The fraction of sp³-hybridized carbons (Fsp3) is 0.296. The Labute approximate surface area is 194 Å². The van der Waals surface area contributed by atoms with Gasteiger partial charge in [0.05, 0.1) is 12.0 Å². The van der Waals surface area contributed by atoms with Crippen LogP contribution >= 0.6 is 11.6 Å². The smallest absolute Gasteiger partial charge is 0.225 e. The summed E-state index contributed by atoms with van der Waals surface area (Å²) in [7, 11) is 0. The number of carbonyl (C=O) groups is 1. The Hall–Kier alpha value is -2.98. The van der Waals surface area contributed by atoms with Crippen molar-refractivity contribution < 1.29 is 4.79 Å². The van der Waals surface area contributed by atoms with Crippen LogP contribution in [0.4, 0.5) is 11.4 Å². The minimum atomic E-state index is -0.0809. The number of rotatable bonds is 5. The number of carbonyl (C=O) groups excluding carboxylic acids is 1. The van der Waals surface area contributed by atoms with Crippen molar-refractivity contribution in [2.24, 2.45) is 5.92 Å². The van der Waals surface area contributed by atoms with E-state index in [0.29, 0.717) is 6.54 Å². The maximum absolute atomic E-state index is 13.4. The van der Waals surface area contributed by atoms with Gasteiger partial charge in [-0.3, -0.25) is 4.79 Å². The molecular formula is C27H28ClN3O. The highest BCUT2D eigenvalue weighted by Crippen LogP contribution is 2.37. The lowest BCUT2D eigenvalue weighted by Gasteiger charge is -2.49. The summed E-state index contributed by atoms with van der Waals surface area (Å²) >= 11 is 6.25. The first-order valence-electron chi connectivity index (χ1n) is 11.4. The molecule has 3 aromatic rings. The van der Waals surface area contributed by atoms with Gasteiger partial charge in [-0.05, 0) is 48.2 Å². The van der Waals surface area contributed by atoms with Gasteiger partial charge in [0.15, 0.2) is 0 Å². The molecule has 32 heavy (non-hydrogen) atoms. The normalized spacial score (nSPS) is 19.8. The molecule has 4 nitrogen and oxygen atoms in total. The monoisotopic (exact) mass is 445 g/mol. The van der Waals surface area contributed by atoms with E-state index in [-0.39, 0.29) is 17.9 Å². The number of halogens is 1. The Morgan fingerprint density at radius 2 is 1.78 bits per heavy atom. The van der Waals surface area contributed by atoms with Crippen LogP contribution in [0.2, 0.25) is 5.02 Å². The molecule has 2 heterocycles. The molecule has 0 unspecified atom stereocenters. The lowest BCUT2D eigenvalue weighted by Crippen LogP contribution is -2.61. The predicted molar refractivity (Wildman–Crippen MR) is 132 cm³/mol. The van der Waals surface area contributed by atoms with Crippen LogP contribution in [0, 0.1) is 5.92 Å². The molecule has 0 spiro atoms. The number of hydrogen-bond donors (Lipinski definition) is 1. The summed E-state index contributed by atoms with van der Waals surface area (Å²) in [5.41, 5.74) is 4.91. The first kappa shape index (κ1) is 20.9. The Morgan fingerprint density at radius 3 is 2.62 bits per heavy atom. The number of hydrogen-bond acceptors (Lipinski definition) is 3. The SMILES string of the molecule is O=C(NCCc1ccccc1)[C@H]1Cc2ccccc2N2CCN(c3cccc(Cl)c3)C[C@@H]12. The topological polar surface area (TPSA) is 35.6 Å². The molecule has 1 N–H and O–H groups in total. The lowest BCUT2D eigenvalue weighted by atomic mass is 9.83. The minimum Gasteiger partial charge on any atom is -0.368 e. The number of anilines is 2. The number of fused-ring (bicyclic) bond motifs is 3. The zero-order chi connectivity index (χ0) is 21.9. The molecule has 2 aliphatic heterocycles. The minimum absolute atomic E-state index is 0.0809. The van der Waals surface area contributed by atoms with Gasteiger partial charge in [0.1, 0.15) is 0 Å². The molecule has 0 radical (unpaired) electrons. The van der Waals surface area contributed by atoms with Crippen molar-refractivity contribution in [1.29, 1.82) is 0 Å². The number of amides is 1. The van der Waals surface area contributed by atoms with E-state index in [1.807, 2.05) is 36.4 Å². The molecule has 0 aliphatic carbocycles. The van der Waals surface area contributed by atoms with Crippen LogP contribution in [0.5, 0.6) is 0 Å². The summed E-state index contributed by atoms with van der Waals surface area (Å²) in [6, 6.07) is 27.0. The molecule has 3 aromatic carbocycles. The lowest BCUT2D eigenvalue weighted by molar-refractivity contribution is -0.125. The molecular weight excluding hydrogens is 418 g/mol. The quantitative estimate of drug-likeness (QED) is 0.625. The Kier molecular flexibility index (Phi) is 6.04. The van der Waals surface area contributed by atoms with E-state index in [2.05, 4.69) is 57.6 Å². The van der Waals surface area contributed by atoms with Crippen molar-refractivity contribution in [3.8, 4) is 0 Å². The largest absolute Gasteiger partial charge is 0.368 e. The maximum Gasteiger partial charge on any atom is 0.225 e. The van der Waals surface area contributed by atoms with Gasteiger partial charge in [0.25, 0.3) is 0 Å². The molecule has 1 saturated heterocycles. The highest BCUT2D eigenvalue weighted by molar-refractivity contribution is 6.30. The van der Waals surface area contributed by atoms with Crippen LogP contribution in [0.3, 0.4) is 0 Å². The van der Waals surface area contributed by atoms with Gasteiger partial charge in [-0.1, -0.05) is 66.2 Å². The van der Waals surface area contributed by atoms with Crippen LogP contribution in [-0.4, -0.2) is 38.1 Å². The Morgan fingerprint density at radius 1 is 0.969 bits per heavy atom. The van der Waals surface area contributed by atoms with Crippen molar-refractivity contribution >= 4 is 28.9 Å². The Bertz CT molecular complexity index is 1090. The number of nitrogens with one attached hydrogen (secondary N) is 1. The van der Waals surface area contributed by atoms with Crippen LogP contribution in [0.15, 0.2) is 78.9 Å².